The van der Waals surface area contributed by atoms with Crippen molar-refractivity contribution in [2.75, 3.05) is 13.1 Å². The van der Waals surface area contributed by atoms with Crippen molar-refractivity contribution in [2.24, 2.45) is 0 Å². The zero-order valence-corrected chi connectivity index (χ0v) is 12.4. The van der Waals surface area contributed by atoms with Crippen LogP contribution in [0.25, 0.3) is 0 Å². The quantitative estimate of drug-likeness (QED) is 0.873. The Bertz CT molecular complexity index is 694. The first-order chi connectivity index (χ1) is 11.1. The van der Waals surface area contributed by atoms with Crippen LogP contribution in [0.5, 0.6) is 5.75 Å². The lowest BCUT2D eigenvalue weighted by Crippen LogP contribution is -2.44. The first kappa shape index (κ1) is 15.4. The van der Waals surface area contributed by atoms with E-state index in [0.717, 1.165) is 25.0 Å². The van der Waals surface area contributed by atoms with E-state index in [2.05, 4.69) is 4.98 Å². The molecule has 2 heterocycles. The Hall–Kier alpha value is -2.50. The molecule has 1 aliphatic rings. The molecule has 4 nitrogen and oxygen atoms in total. The van der Waals surface area contributed by atoms with Crippen LogP contribution >= 0.6 is 0 Å². The number of likely N-dealkylation sites (tertiary alicyclic amines) is 1. The van der Waals surface area contributed by atoms with Crippen molar-refractivity contribution in [3.05, 3.63) is 59.9 Å². The summed E-state index contributed by atoms with van der Waals surface area (Å²) in [7, 11) is 0. The summed E-state index contributed by atoms with van der Waals surface area (Å²) in [4.78, 5) is 17.9. The number of piperidine rings is 1. The van der Waals surface area contributed by atoms with E-state index in [0.29, 0.717) is 18.8 Å². The minimum Gasteiger partial charge on any atom is -0.488 e. The van der Waals surface area contributed by atoms with Crippen molar-refractivity contribution in [1.29, 1.82) is 0 Å². The fourth-order valence-electron chi connectivity index (χ4n) is 2.66. The minimum atomic E-state index is -0.841. The molecule has 23 heavy (non-hydrogen) atoms. The standard InChI is InChI=1S/C17H16F2N2O2/c18-12-3-4-15(16(19)10-12)17(22)21-9-1-2-14(11-21)23-13-5-7-20-8-6-13/h3-8,10,14H,1-2,9,11H2. The van der Waals surface area contributed by atoms with Crippen LogP contribution in [0.4, 0.5) is 8.78 Å². The van der Waals surface area contributed by atoms with Crippen LogP contribution in [0, 0.1) is 11.6 Å². The topological polar surface area (TPSA) is 42.4 Å². The first-order valence-corrected chi connectivity index (χ1v) is 7.44. The molecule has 0 aliphatic carbocycles. The van der Waals surface area contributed by atoms with Gasteiger partial charge in [-0.15, -0.1) is 0 Å². The van der Waals surface area contributed by atoms with Crippen LogP contribution in [0.2, 0.25) is 0 Å². The molecule has 1 unspecified atom stereocenters. The number of nitrogens with zero attached hydrogens (tertiary/aromatic N) is 2. The third-order valence-corrected chi connectivity index (χ3v) is 3.78. The van der Waals surface area contributed by atoms with Crippen molar-refractivity contribution in [2.45, 2.75) is 18.9 Å². The van der Waals surface area contributed by atoms with Gasteiger partial charge in [-0.1, -0.05) is 0 Å². The number of hydrogen-bond donors (Lipinski definition) is 0. The van der Waals surface area contributed by atoms with Crippen LogP contribution in [-0.2, 0) is 0 Å². The Morgan fingerprint density at radius 2 is 2.00 bits per heavy atom. The van der Waals surface area contributed by atoms with Gasteiger partial charge >= 0.3 is 0 Å². The second kappa shape index (κ2) is 6.73. The Morgan fingerprint density at radius 3 is 2.74 bits per heavy atom. The number of pyridine rings is 1. The van der Waals surface area contributed by atoms with E-state index < -0.39 is 17.5 Å². The molecule has 0 saturated carbocycles. The number of aromatic nitrogens is 1. The number of amides is 1. The Kier molecular flexibility index (Phi) is 4.50. The van der Waals surface area contributed by atoms with Crippen molar-refractivity contribution >= 4 is 5.91 Å². The van der Waals surface area contributed by atoms with Gasteiger partial charge in [-0.2, -0.15) is 0 Å². The molecule has 1 aromatic carbocycles. The average Bonchev–Trinajstić information content (AvgIpc) is 2.55. The smallest absolute Gasteiger partial charge is 0.256 e. The monoisotopic (exact) mass is 318 g/mol. The zero-order chi connectivity index (χ0) is 16.2. The summed E-state index contributed by atoms with van der Waals surface area (Å²) >= 11 is 0. The van der Waals surface area contributed by atoms with Gasteiger partial charge in [-0.25, -0.2) is 8.78 Å². The molecule has 1 atom stereocenters. The predicted octanol–water partition coefficient (Wildman–Crippen LogP) is 3.04. The van der Waals surface area contributed by atoms with E-state index in [-0.39, 0.29) is 11.7 Å². The van der Waals surface area contributed by atoms with Gasteiger partial charge in [0.1, 0.15) is 23.5 Å². The lowest BCUT2D eigenvalue weighted by atomic mass is 10.1. The molecule has 1 fully saturated rings. The van der Waals surface area contributed by atoms with E-state index in [1.165, 1.54) is 6.07 Å². The minimum absolute atomic E-state index is 0.115. The van der Waals surface area contributed by atoms with Crippen LogP contribution < -0.4 is 4.74 Å². The van der Waals surface area contributed by atoms with Crippen molar-refractivity contribution in [1.82, 2.24) is 9.88 Å². The summed E-state index contributed by atoms with van der Waals surface area (Å²) in [6.07, 6.45) is 4.70. The van der Waals surface area contributed by atoms with Gasteiger partial charge in [0.15, 0.2) is 0 Å². The fourth-order valence-corrected chi connectivity index (χ4v) is 2.66. The maximum atomic E-state index is 13.8. The van der Waals surface area contributed by atoms with E-state index in [1.807, 2.05) is 0 Å². The van der Waals surface area contributed by atoms with Crippen molar-refractivity contribution in [3.63, 3.8) is 0 Å². The molecule has 6 heteroatoms. The summed E-state index contributed by atoms with van der Waals surface area (Å²) in [6.45, 7) is 0.907. The molecule has 1 saturated heterocycles. The number of benzene rings is 1. The molecule has 0 radical (unpaired) electrons. The highest BCUT2D eigenvalue weighted by Gasteiger charge is 2.27. The summed E-state index contributed by atoms with van der Waals surface area (Å²) < 4.78 is 32.6. The molecule has 0 bridgehead atoms. The van der Waals surface area contributed by atoms with Crippen LogP contribution in [0.1, 0.15) is 23.2 Å². The summed E-state index contributed by atoms with van der Waals surface area (Å²) in [5.41, 5.74) is -0.115. The van der Waals surface area contributed by atoms with Gasteiger partial charge in [0.25, 0.3) is 5.91 Å². The molecule has 1 aliphatic heterocycles. The van der Waals surface area contributed by atoms with Crippen LogP contribution in [-0.4, -0.2) is 35.0 Å². The lowest BCUT2D eigenvalue weighted by Gasteiger charge is -2.33. The number of rotatable bonds is 3. The highest BCUT2D eigenvalue weighted by molar-refractivity contribution is 5.94. The molecule has 0 spiro atoms. The first-order valence-electron chi connectivity index (χ1n) is 7.44. The summed E-state index contributed by atoms with van der Waals surface area (Å²) in [6, 6.07) is 6.49. The van der Waals surface area contributed by atoms with Gasteiger partial charge in [-0.3, -0.25) is 9.78 Å². The number of carbonyl (C=O) groups is 1. The molecule has 1 aromatic heterocycles. The molecule has 3 rings (SSSR count). The molecule has 1 amide bonds. The Labute approximate surface area is 132 Å². The SMILES string of the molecule is O=C(c1ccc(F)cc1F)N1CCCC(Oc2ccncc2)C1. The molecular formula is C17H16F2N2O2. The highest BCUT2D eigenvalue weighted by atomic mass is 19.1. The van der Waals surface area contributed by atoms with E-state index >= 15 is 0 Å². The van der Waals surface area contributed by atoms with Crippen molar-refractivity contribution in [3.8, 4) is 5.75 Å². The third kappa shape index (κ3) is 3.64. The van der Waals surface area contributed by atoms with E-state index in [4.69, 9.17) is 4.74 Å². The van der Waals surface area contributed by atoms with Gasteiger partial charge in [-0.05, 0) is 37.1 Å². The predicted molar refractivity (Wildman–Crippen MR) is 80.1 cm³/mol. The Balaban J connectivity index is 1.69. The largest absolute Gasteiger partial charge is 0.488 e. The fraction of sp³-hybridized carbons (Fsp3) is 0.294. The number of halogens is 2. The van der Waals surface area contributed by atoms with Gasteiger partial charge in [0.2, 0.25) is 0 Å². The van der Waals surface area contributed by atoms with E-state index in [1.54, 1.807) is 29.4 Å². The van der Waals surface area contributed by atoms with Crippen LogP contribution in [0.3, 0.4) is 0 Å². The van der Waals surface area contributed by atoms with Gasteiger partial charge in [0.05, 0.1) is 12.1 Å². The summed E-state index contributed by atoms with van der Waals surface area (Å²) in [5, 5.41) is 0. The molecule has 0 N–H and O–H groups in total. The maximum Gasteiger partial charge on any atom is 0.256 e. The normalized spacial score (nSPS) is 17.8. The number of hydrogen-bond acceptors (Lipinski definition) is 3. The lowest BCUT2D eigenvalue weighted by molar-refractivity contribution is 0.0533. The van der Waals surface area contributed by atoms with Crippen LogP contribution in [0.15, 0.2) is 42.7 Å². The number of ether oxygens (including phenoxy) is 1. The zero-order valence-electron chi connectivity index (χ0n) is 12.4. The Morgan fingerprint density at radius 1 is 1.22 bits per heavy atom. The average molecular weight is 318 g/mol. The third-order valence-electron chi connectivity index (χ3n) is 3.78. The molecular weight excluding hydrogens is 302 g/mol. The van der Waals surface area contributed by atoms with Gasteiger partial charge < -0.3 is 9.64 Å². The molecule has 120 valence electrons. The molecule has 2 aromatic rings. The highest BCUT2D eigenvalue weighted by Crippen LogP contribution is 2.20. The summed E-state index contributed by atoms with van der Waals surface area (Å²) in [5.74, 6) is -1.29. The van der Waals surface area contributed by atoms with Gasteiger partial charge in [0, 0.05) is 25.0 Å². The van der Waals surface area contributed by atoms with E-state index in [9.17, 15) is 13.6 Å². The maximum absolute atomic E-state index is 13.8. The second-order valence-electron chi connectivity index (χ2n) is 5.44. The second-order valence-corrected chi connectivity index (χ2v) is 5.44. The van der Waals surface area contributed by atoms with Crippen molar-refractivity contribution < 1.29 is 18.3 Å². The number of carbonyl (C=O) groups excluding carboxylic acids is 1.